The molecule has 6 heteroatoms. The van der Waals surface area contributed by atoms with Crippen LogP contribution in [0, 0.1) is 6.92 Å². The monoisotopic (exact) mass is 280 g/mol. The van der Waals surface area contributed by atoms with Crippen molar-refractivity contribution in [2.24, 2.45) is 0 Å². The first-order chi connectivity index (χ1) is 9.36. The van der Waals surface area contributed by atoms with Gasteiger partial charge in [-0.15, -0.1) is 0 Å². The summed E-state index contributed by atoms with van der Waals surface area (Å²) in [6.45, 7) is 1.81. The van der Waals surface area contributed by atoms with Crippen LogP contribution in [0.5, 0.6) is 0 Å². The molecule has 0 saturated heterocycles. The quantitative estimate of drug-likeness (QED) is 0.912. The highest BCUT2D eigenvalue weighted by Gasteiger charge is 2.30. The first-order valence-corrected chi connectivity index (χ1v) is 5.77. The number of benzene rings is 1. The summed E-state index contributed by atoms with van der Waals surface area (Å²) >= 11 is 0. The Hall–Kier alpha value is -2.37. The van der Waals surface area contributed by atoms with Gasteiger partial charge in [0.25, 0.3) is 5.91 Å². The zero-order chi connectivity index (χ0) is 14.8. The summed E-state index contributed by atoms with van der Waals surface area (Å²) in [6.07, 6.45) is -2.92. The van der Waals surface area contributed by atoms with Crippen molar-refractivity contribution >= 4 is 11.6 Å². The Labute approximate surface area is 113 Å². The third-order valence-electron chi connectivity index (χ3n) is 2.64. The lowest BCUT2D eigenvalue weighted by molar-refractivity contribution is -0.137. The number of rotatable bonds is 2. The smallest absolute Gasteiger partial charge is 0.321 e. The number of carbonyl (C=O) groups is 1. The van der Waals surface area contributed by atoms with Gasteiger partial charge in [-0.3, -0.25) is 9.78 Å². The fraction of sp³-hybridized carbons (Fsp3) is 0.143. The lowest BCUT2D eigenvalue weighted by Gasteiger charge is -2.08. The fourth-order valence-electron chi connectivity index (χ4n) is 1.56. The Morgan fingerprint density at radius 3 is 2.25 bits per heavy atom. The lowest BCUT2D eigenvalue weighted by Crippen LogP contribution is -2.13. The molecule has 1 N–H and O–H groups in total. The highest BCUT2D eigenvalue weighted by atomic mass is 19.4. The van der Waals surface area contributed by atoms with E-state index in [1.54, 1.807) is 12.1 Å². The largest absolute Gasteiger partial charge is 0.416 e. The molecule has 20 heavy (non-hydrogen) atoms. The summed E-state index contributed by atoms with van der Waals surface area (Å²) in [5.74, 6) is -0.482. The number of aryl methyl sites for hydroxylation is 1. The normalized spacial score (nSPS) is 11.2. The van der Waals surface area contributed by atoms with Gasteiger partial charge in [0.2, 0.25) is 0 Å². The molecule has 0 aliphatic heterocycles. The average Bonchev–Trinajstić information content (AvgIpc) is 2.40. The van der Waals surface area contributed by atoms with Gasteiger partial charge >= 0.3 is 6.18 Å². The van der Waals surface area contributed by atoms with Gasteiger partial charge in [-0.25, -0.2) is 0 Å². The molecular weight excluding hydrogens is 269 g/mol. The Balaban J connectivity index is 2.11. The minimum Gasteiger partial charge on any atom is -0.321 e. The molecule has 0 radical (unpaired) electrons. The van der Waals surface area contributed by atoms with E-state index in [0.29, 0.717) is 5.69 Å². The Morgan fingerprint density at radius 2 is 1.75 bits per heavy atom. The maximum Gasteiger partial charge on any atom is 0.416 e. The molecule has 0 fully saturated rings. The number of nitrogens with zero attached hydrogens (tertiary/aromatic N) is 1. The van der Waals surface area contributed by atoms with Gasteiger partial charge in [-0.1, -0.05) is 0 Å². The van der Waals surface area contributed by atoms with E-state index in [-0.39, 0.29) is 5.56 Å². The van der Waals surface area contributed by atoms with Crippen LogP contribution >= 0.6 is 0 Å². The number of carbonyl (C=O) groups excluding carboxylic acids is 1. The molecule has 0 unspecified atom stereocenters. The highest BCUT2D eigenvalue weighted by molar-refractivity contribution is 6.04. The molecule has 1 heterocycles. The van der Waals surface area contributed by atoms with Crippen molar-refractivity contribution in [1.82, 2.24) is 4.98 Å². The third kappa shape index (κ3) is 3.34. The summed E-state index contributed by atoms with van der Waals surface area (Å²) in [5.41, 5.74) is 0.655. The second kappa shape index (κ2) is 5.32. The van der Waals surface area contributed by atoms with E-state index >= 15 is 0 Å². The van der Waals surface area contributed by atoms with Gasteiger partial charge in [0.15, 0.2) is 0 Å². The number of aromatic nitrogens is 1. The molecule has 0 aliphatic carbocycles. The van der Waals surface area contributed by atoms with E-state index in [1.807, 2.05) is 6.92 Å². The zero-order valence-corrected chi connectivity index (χ0v) is 10.5. The molecule has 2 aromatic rings. The van der Waals surface area contributed by atoms with E-state index in [2.05, 4.69) is 10.3 Å². The molecule has 0 saturated carbocycles. The van der Waals surface area contributed by atoms with E-state index in [9.17, 15) is 18.0 Å². The summed E-state index contributed by atoms with van der Waals surface area (Å²) < 4.78 is 37.2. The number of halogens is 3. The standard InChI is InChI=1S/C14H11F3N2O/c1-9-2-7-12(8-18-9)19-13(20)10-3-5-11(6-4-10)14(15,16)17/h2-8H,1H3,(H,19,20). The van der Waals surface area contributed by atoms with Crippen LogP contribution in [0.1, 0.15) is 21.6 Å². The van der Waals surface area contributed by atoms with E-state index in [4.69, 9.17) is 0 Å². The maximum absolute atomic E-state index is 12.4. The first kappa shape index (κ1) is 14.0. The van der Waals surface area contributed by atoms with E-state index in [1.165, 1.54) is 6.20 Å². The minimum atomic E-state index is -4.41. The van der Waals surface area contributed by atoms with Crippen molar-refractivity contribution in [3.8, 4) is 0 Å². The SMILES string of the molecule is Cc1ccc(NC(=O)c2ccc(C(F)(F)F)cc2)cn1. The van der Waals surface area contributed by atoms with Crippen LogP contribution in [0.3, 0.4) is 0 Å². The molecule has 1 aromatic carbocycles. The highest BCUT2D eigenvalue weighted by Crippen LogP contribution is 2.29. The number of hydrogen-bond donors (Lipinski definition) is 1. The summed E-state index contributed by atoms with van der Waals surface area (Å²) in [4.78, 5) is 15.8. The van der Waals surface area contributed by atoms with Gasteiger partial charge in [0, 0.05) is 11.3 Å². The van der Waals surface area contributed by atoms with Crippen molar-refractivity contribution in [2.75, 3.05) is 5.32 Å². The second-order valence-electron chi connectivity index (χ2n) is 4.22. The summed E-state index contributed by atoms with van der Waals surface area (Å²) in [7, 11) is 0. The molecule has 0 aliphatic rings. The minimum absolute atomic E-state index is 0.151. The Kier molecular flexibility index (Phi) is 3.74. The lowest BCUT2D eigenvalue weighted by atomic mass is 10.1. The van der Waals surface area contributed by atoms with Gasteiger partial charge in [0.1, 0.15) is 0 Å². The summed E-state index contributed by atoms with van der Waals surface area (Å²) in [6, 6.07) is 7.43. The Bertz CT molecular complexity index is 604. The van der Waals surface area contributed by atoms with E-state index in [0.717, 1.165) is 30.0 Å². The second-order valence-corrected chi connectivity index (χ2v) is 4.22. The molecule has 1 aromatic heterocycles. The van der Waals surface area contributed by atoms with Crippen LogP contribution in [-0.2, 0) is 6.18 Å². The van der Waals surface area contributed by atoms with Crippen molar-refractivity contribution < 1.29 is 18.0 Å². The number of pyridine rings is 1. The number of alkyl halides is 3. The van der Waals surface area contributed by atoms with Gasteiger partial charge < -0.3 is 5.32 Å². The summed E-state index contributed by atoms with van der Waals surface area (Å²) in [5, 5.41) is 2.56. The number of amides is 1. The van der Waals surface area contributed by atoms with Crippen LogP contribution in [0.2, 0.25) is 0 Å². The average molecular weight is 280 g/mol. The predicted octanol–water partition coefficient (Wildman–Crippen LogP) is 3.66. The molecule has 0 bridgehead atoms. The zero-order valence-electron chi connectivity index (χ0n) is 10.5. The maximum atomic E-state index is 12.4. The number of hydrogen-bond acceptors (Lipinski definition) is 2. The molecule has 1 amide bonds. The molecule has 0 atom stereocenters. The molecule has 104 valence electrons. The third-order valence-corrected chi connectivity index (χ3v) is 2.64. The predicted molar refractivity (Wildman–Crippen MR) is 68.4 cm³/mol. The van der Waals surface area contributed by atoms with E-state index < -0.39 is 17.6 Å². The molecule has 2 rings (SSSR count). The molecular formula is C14H11F3N2O. The topological polar surface area (TPSA) is 42.0 Å². The van der Waals surface area contributed by atoms with Crippen molar-refractivity contribution in [2.45, 2.75) is 13.1 Å². The molecule has 3 nitrogen and oxygen atoms in total. The fourth-order valence-corrected chi connectivity index (χ4v) is 1.56. The van der Waals surface area contributed by atoms with Gasteiger partial charge in [-0.2, -0.15) is 13.2 Å². The van der Waals surface area contributed by atoms with Gasteiger partial charge in [-0.05, 0) is 43.3 Å². The van der Waals surface area contributed by atoms with Crippen molar-refractivity contribution in [1.29, 1.82) is 0 Å². The van der Waals surface area contributed by atoms with Crippen molar-refractivity contribution in [3.05, 3.63) is 59.4 Å². The van der Waals surface area contributed by atoms with Crippen LogP contribution in [-0.4, -0.2) is 10.9 Å². The number of nitrogens with one attached hydrogen (secondary N) is 1. The van der Waals surface area contributed by atoms with Gasteiger partial charge in [0.05, 0.1) is 17.4 Å². The number of anilines is 1. The molecule has 0 spiro atoms. The Morgan fingerprint density at radius 1 is 1.10 bits per heavy atom. The first-order valence-electron chi connectivity index (χ1n) is 5.77. The van der Waals surface area contributed by atoms with Crippen LogP contribution in [0.25, 0.3) is 0 Å². The van der Waals surface area contributed by atoms with Crippen LogP contribution in [0.4, 0.5) is 18.9 Å². The van der Waals surface area contributed by atoms with Crippen LogP contribution in [0.15, 0.2) is 42.6 Å². The van der Waals surface area contributed by atoms with Crippen LogP contribution < -0.4 is 5.32 Å². The van der Waals surface area contributed by atoms with Crippen molar-refractivity contribution in [3.63, 3.8) is 0 Å².